The van der Waals surface area contributed by atoms with Gasteiger partial charge < -0.3 is 5.32 Å². The number of hydrogen-bond acceptors (Lipinski definition) is 5. The van der Waals surface area contributed by atoms with Gasteiger partial charge >= 0.3 is 0 Å². The summed E-state index contributed by atoms with van der Waals surface area (Å²) >= 11 is 0. The summed E-state index contributed by atoms with van der Waals surface area (Å²) in [5.41, 5.74) is 5.04. The molecule has 0 radical (unpaired) electrons. The number of nitrogens with zero attached hydrogens (tertiary/aromatic N) is 2. The van der Waals surface area contributed by atoms with Crippen LogP contribution in [0.5, 0.6) is 0 Å². The SMILES string of the molecule is O=[N+]([O-])c1ccc2c(c1)CCC2.O=[N+]([O-])c1ccc2c(c1)CNC2.PPP(P(P)P)P(P(P)P)P(P)P. The highest BCUT2D eigenvalue weighted by Gasteiger charge is 2.28. The summed E-state index contributed by atoms with van der Waals surface area (Å²) in [6.45, 7) is 2.44. The monoisotopic (exact) mass is 745 g/mol. The molecule has 1 heterocycles. The summed E-state index contributed by atoms with van der Waals surface area (Å²) in [6.07, 6.45) is 3.21. The van der Waals surface area contributed by atoms with E-state index in [9.17, 15) is 20.2 Å². The number of nitro groups is 2. The van der Waals surface area contributed by atoms with E-state index in [0.29, 0.717) is 0 Å². The summed E-state index contributed by atoms with van der Waals surface area (Å²) in [4.78, 5) is 20.1. The van der Waals surface area contributed by atoms with E-state index in [0.717, 1.165) is 51.4 Å². The predicted octanol–water partition coefficient (Wildman–Crippen LogP) is 10.5. The molecule has 4 rings (SSSR count). The number of benzene rings is 2. The molecule has 0 fully saturated rings. The lowest BCUT2D eigenvalue weighted by molar-refractivity contribution is -0.385. The number of aryl methyl sites for hydroxylation is 2. The van der Waals surface area contributed by atoms with E-state index in [2.05, 4.69) is 67.8 Å². The number of non-ortho nitro benzene ring substituents is 2. The Morgan fingerprint density at radius 1 is 0.730 bits per heavy atom. The summed E-state index contributed by atoms with van der Waals surface area (Å²) in [5, 5.41) is 23.9. The fourth-order valence-electron chi connectivity index (χ4n) is 3.59. The van der Waals surface area contributed by atoms with E-state index in [-0.39, 0.29) is 56.2 Å². The zero-order valence-electron chi connectivity index (χ0n) is 19.8. The fraction of sp³-hybridized carbons (Fsp3) is 0.294. The van der Waals surface area contributed by atoms with Crippen LogP contribution in [0.25, 0.3) is 0 Å². The van der Waals surface area contributed by atoms with Crippen molar-refractivity contribution in [3.05, 3.63) is 78.9 Å². The minimum atomic E-state index is -0.362. The molecule has 0 spiro atoms. The second-order valence-electron chi connectivity index (χ2n) is 7.70. The molecule has 1 aliphatic heterocycles. The van der Waals surface area contributed by atoms with Gasteiger partial charge in [0.1, 0.15) is 0 Å². The molecular formula is C17H32N3O4P13. The third kappa shape index (κ3) is 11.8. The molecule has 0 amide bonds. The Balaban J connectivity index is 0.000000195. The van der Waals surface area contributed by atoms with E-state index in [1.165, 1.54) is 11.1 Å². The van der Waals surface area contributed by atoms with Crippen molar-refractivity contribution in [1.29, 1.82) is 0 Å². The molecule has 9 unspecified atom stereocenters. The van der Waals surface area contributed by atoms with Crippen molar-refractivity contribution in [3.63, 3.8) is 0 Å². The van der Waals surface area contributed by atoms with E-state index in [1.54, 1.807) is 24.3 Å². The zero-order chi connectivity index (χ0) is 27.7. The molecule has 37 heavy (non-hydrogen) atoms. The summed E-state index contributed by atoms with van der Waals surface area (Å²) in [7, 11) is 22.2. The lowest BCUT2D eigenvalue weighted by Crippen LogP contribution is -1.99. The standard InChI is InChI=1S/C9H9NO2.C8H8N2O2.H15P13/c11-10(12)9-5-4-7-2-1-3-8(7)6-9;11-10(12)8-2-1-6-4-9-5-7(6)3-8;1-8-12(9(2)3)13(10(4)5)11(6)7/h4-6H,1-3H2;1-3,9H,4-5H2;8H,1-7H2. The van der Waals surface area contributed by atoms with E-state index < -0.39 is 0 Å². The van der Waals surface area contributed by atoms with Gasteiger partial charge in [-0.15, -0.1) is 62.5 Å². The summed E-state index contributed by atoms with van der Waals surface area (Å²) in [5.74, 6) is 0. The third-order valence-corrected chi connectivity index (χ3v) is 78.6. The summed E-state index contributed by atoms with van der Waals surface area (Å²) in [6, 6.07) is 10.2. The Bertz CT molecular complexity index is 1000. The first-order chi connectivity index (χ1) is 17.5. The Morgan fingerprint density at radius 3 is 1.68 bits per heavy atom. The maximum Gasteiger partial charge on any atom is 0.269 e. The van der Waals surface area contributed by atoms with Gasteiger partial charge in [0.2, 0.25) is 0 Å². The van der Waals surface area contributed by atoms with Gasteiger partial charge in [0.05, 0.1) is 9.85 Å². The van der Waals surface area contributed by atoms with Crippen molar-refractivity contribution < 1.29 is 9.85 Å². The molecule has 2 aromatic carbocycles. The minimum absolute atomic E-state index is 0.116. The van der Waals surface area contributed by atoms with E-state index in [1.807, 2.05) is 12.1 Å². The largest absolute Gasteiger partial charge is 0.309 e. The fourth-order valence-corrected chi connectivity index (χ4v) is 131. The maximum atomic E-state index is 10.4. The number of nitro benzene ring substituents is 2. The average molecular weight is 745 g/mol. The Hall–Kier alpha value is 2.79. The van der Waals surface area contributed by atoms with E-state index >= 15 is 0 Å². The average Bonchev–Trinajstić information content (AvgIpc) is 3.50. The van der Waals surface area contributed by atoms with Gasteiger partial charge in [0.25, 0.3) is 11.4 Å². The molecule has 2 aliphatic rings. The van der Waals surface area contributed by atoms with Crippen LogP contribution in [0.4, 0.5) is 11.4 Å². The van der Waals surface area contributed by atoms with Crippen LogP contribution in [0, 0.1) is 20.2 Å². The van der Waals surface area contributed by atoms with Crippen molar-refractivity contribution in [3.8, 4) is 0 Å². The van der Waals surface area contributed by atoms with Gasteiger partial charge in [-0.25, -0.2) is 0 Å². The van der Waals surface area contributed by atoms with Gasteiger partial charge in [0, 0.05) is 37.4 Å². The normalized spacial score (nSPS) is 14.9. The lowest BCUT2D eigenvalue weighted by Gasteiger charge is -2.34. The quantitative estimate of drug-likeness (QED) is 0.173. The highest BCUT2D eigenvalue weighted by molar-refractivity contribution is 9.24. The van der Waals surface area contributed by atoms with Gasteiger partial charge in [-0.1, -0.05) is 20.1 Å². The molecule has 1 aliphatic carbocycles. The molecule has 0 saturated carbocycles. The molecular weight excluding hydrogens is 713 g/mol. The van der Waals surface area contributed by atoms with Crippen molar-refractivity contribution >= 4 is 117 Å². The molecule has 7 nitrogen and oxygen atoms in total. The molecule has 0 saturated heterocycles. The third-order valence-electron chi connectivity index (χ3n) is 5.24. The molecule has 204 valence electrons. The minimum Gasteiger partial charge on any atom is -0.309 e. The van der Waals surface area contributed by atoms with Gasteiger partial charge in [-0.05, 0) is 76.5 Å². The molecule has 20 heteroatoms. The Kier molecular flexibility index (Phi) is 17.9. The van der Waals surface area contributed by atoms with Crippen LogP contribution in [-0.2, 0) is 25.9 Å². The molecule has 0 bridgehead atoms. The molecule has 2 aromatic rings. The first kappa shape index (κ1) is 36.0. The molecule has 9 atom stereocenters. The van der Waals surface area contributed by atoms with Crippen molar-refractivity contribution in [2.45, 2.75) is 32.4 Å². The van der Waals surface area contributed by atoms with E-state index in [4.69, 9.17) is 0 Å². The molecule has 0 aromatic heterocycles. The van der Waals surface area contributed by atoms with Crippen LogP contribution in [-0.4, -0.2) is 9.85 Å². The van der Waals surface area contributed by atoms with Crippen LogP contribution in [0.3, 0.4) is 0 Å². The zero-order valence-corrected chi connectivity index (χ0v) is 33.4. The van der Waals surface area contributed by atoms with Crippen LogP contribution < -0.4 is 5.32 Å². The second-order valence-corrected chi connectivity index (χ2v) is 55.2. The highest BCUT2D eigenvalue weighted by Crippen LogP contribution is 3.18. The maximum absolute atomic E-state index is 10.4. The van der Waals surface area contributed by atoms with Crippen molar-refractivity contribution in [1.82, 2.24) is 5.32 Å². The highest BCUT2D eigenvalue weighted by atomic mass is 33.3. The lowest BCUT2D eigenvalue weighted by atomic mass is 10.1. The van der Waals surface area contributed by atoms with Crippen LogP contribution >= 0.6 is 105 Å². The van der Waals surface area contributed by atoms with Crippen molar-refractivity contribution in [2.24, 2.45) is 0 Å². The Morgan fingerprint density at radius 2 is 1.22 bits per heavy atom. The van der Waals surface area contributed by atoms with Gasteiger partial charge in [-0.2, -0.15) is 0 Å². The summed E-state index contributed by atoms with van der Waals surface area (Å²) < 4.78 is 0. The van der Waals surface area contributed by atoms with Crippen LogP contribution in [0.2, 0.25) is 0 Å². The number of fused-ring (bicyclic) bond motifs is 2. The van der Waals surface area contributed by atoms with Crippen LogP contribution in [0.1, 0.15) is 28.7 Å². The predicted molar refractivity (Wildman–Crippen MR) is 200 cm³/mol. The molecule has 1 N–H and O–H groups in total. The van der Waals surface area contributed by atoms with Crippen LogP contribution in [0.15, 0.2) is 36.4 Å². The van der Waals surface area contributed by atoms with Gasteiger partial charge in [0.15, 0.2) is 0 Å². The number of rotatable bonds is 7. The Labute approximate surface area is 242 Å². The first-order valence-electron chi connectivity index (χ1n) is 10.6. The second kappa shape index (κ2) is 18.5. The van der Waals surface area contributed by atoms with Crippen molar-refractivity contribution in [2.75, 3.05) is 0 Å². The first-order valence-corrected chi connectivity index (χ1v) is 33.5. The number of hydrogen-bond donors (Lipinski definition) is 1. The van der Waals surface area contributed by atoms with Gasteiger partial charge in [-0.3, -0.25) is 20.2 Å². The number of nitrogens with one attached hydrogen (secondary N) is 1. The topological polar surface area (TPSA) is 98.3 Å². The smallest absolute Gasteiger partial charge is 0.269 e.